The molecule has 1 aromatic heterocycles. The van der Waals surface area contributed by atoms with Crippen molar-refractivity contribution in [3.63, 3.8) is 0 Å². The highest BCUT2D eigenvalue weighted by Crippen LogP contribution is 2.42. The Morgan fingerprint density at radius 2 is 1.76 bits per heavy atom. The van der Waals surface area contributed by atoms with E-state index in [1.807, 2.05) is 0 Å². The van der Waals surface area contributed by atoms with Gasteiger partial charge in [0.15, 0.2) is 0 Å². The van der Waals surface area contributed by atoms with Gasteiger partial charge in [0, 0.05) is 24.9 Å². The Morgan fingerprint density at radius 3 is 2.24 bits per heavy atom. The molecule has 2 atom stereocenters. The first kappa shape index (κ1) is 16.2. The Hall–Kier alpha value is -1.14. The number of rotatable bonds is 4. The summed E-state index contributed by atoms with van der Waals surface area (Å²) < 4.78 is 38.0. The SMILES string of the molecule is NCC(c1ccncc1)C(O)C1CCC(C(F)(F)F)CC1. The lowest BCUT2D eigenvalue weighted by Gasteiger charge is -2.35. The third-order valence-corrected chi connectivity index (χ3v) is 4.52. The lowest BCUT2D eigenvalue weighted by Crippen LogP contribution is -2.37. The van der Waals surface area contributed by atoms with E-state index in [1.165, 1.54) is 0 Å². The zero-order valence-electron chi connectivity index (χ0n) is 11.8. The Bertz CT molecular complexity index is 430. The molecule has 1 aliphatic rings. The second-order valence-corrected chi connectivity index (χ2v) is 5.77. The van der Waals surface area contributed by atoms with Gasteiger partial charge >= 0.3 is 6.18 Å². The van der Waals surface area contributed by atoms with Crippen molar-refractivity contribution in [3.05, 3.63) is 30.1 Å². The van der Waals surface area contributed by atoms with Crippen molar-refractivity contribution in [2.45, 2.75) is 43.9 Å². The van der Waals surface area contributed by atoms with Crippen LogP contribution in [0.2, 0.25) is 0 Å². The van der Waals surface area contributed by atoms with E-state index in [4.69, 9.17) is 5.73 Å². The van der Waals surface area contributed by atoms with E-state index < -0.39 is 18.2 Å². The van der Waals surface area contributed by atoms with Crippen LogP contribution < -0.4 is 5.73 Å². The summed E-state index contributed by atoms with van der Waals surface area (Å²) in [5.41, 5.74) is 6.64. The van der Waals surface area contributed by atoms with Crippen molar-refractivity contribution in [2.24, 2.45) is 17.6 Å². The zero-order chi connectivity index (χ0) is 15.5. The number of nitrogens with zero attached hydrogens (tertiary/aromatic N) is 1. The fraction of sp³-hybridized carbons (Fsp3) is 0.667. The number of aliphatic hydroxyl groups is 1. The molecule has 3 N–H and O–H groups in total. The molecule has 21 heavy (non-hydrogen) atoms. The third kappa shape index (κ3) is 3.95. The van der Waals surface area contributed by atoms with Crippen molar-refractivity contribution in [1.82, 2.24) is 4.98 Å². The second-order valence-electron chi connectivity index (χ2n) is 5.77. The van der Waals surface area contributed by atoms with E-state index in [1.54, 1.807) is 24.5 Å². The van der Waals surface area contributed by atoms with Gasteiger partial charge < -0.3 is 10.8 Å². The normalized spacial score (nSPS) is 26.3. The minimum Gasteiger partial charge on any atom is -0.392 e. The third-order valence-electron chi connectivity index (χ3n) is 4.52. The summed E-state index contributed by atoms with van der Waals surface area (Å²) in [4.78, 5) is 3.92. The molecule has 0 radical (unpaired) electrons. The predicted octanol–water partition coefficient (Wildman–Crippen LogP) is 2.85. The highest BCUT2D eigenvalue weighted by atomic mass is 19.4. The fourth-order valence-electron chi connectivity index (χ4n) is 3.20. The van der Waals surface area contributed by atoms with Crippen molar-refractivity contribution in [2.75, 3.05) is 6.54 Å². The minimum absolute atomic E-state index is 0.0961. The molecule has 0 bridgehead atoms. The topological polar surface area (TPSA) is 59.1 Å². The first-order valence-electron chi connectivity index (χ1n) is 7.28. The summed E-state index contributed by atoms with van der Waals surface area (Å²) >= 11 is 0. The number of halogens is 3. The number of hydrogen-bond acceptors (Lipinski definition) is 3. The quantitative estimate of drug-likeness (QED) is 0.899. The Morgan fingerprint density at radius 1 is 1.19 bits per heavy atom. The Balaban J connectivity index is 1.99. The van der Waals surface area contributed by atoms with Gasteiger partial charge in [-0.3, -0.25) is 4.98 Å². The van der Waals surface area contributed by atoms with Crippen LogP contribution in [-0.4, -0.2) is 28.9 Å². The highest BCUT2D eigenvalue weighted by molar-refractivity contribution is 5.18. The van der Waals surface area contributed by atoms with Crippen molar-refractivity contribution in [3.8, 4) is 0 Å². The number of aliphatic hydroxyl groups excluding tert-OH is 1. The van der Waals surface area contributed by atoms with Crippen LogP contribution in [0.3, 0.4) is 0 Å². The molecule has 3 nitrogen and oxygen atoms in total. The largest absolute Gasteiger partial charge is 0.392 e. The number of alkyl halides is 3. The van der Waals surface area contributed by atoms with Crippen LogP contribution in [0.5, 0.6) is 0 Å². The molecule has 1 fully saturated rings. The maximum Gasteiger partial charge on any atom is 0.391 e. The summed E-state index contributed by atoms with van der Waals surface area (Å²) in [5, 5.41) is 10.5. The molecule has 0 spiro atoms. The van der Waals surface area contributed by atoms with Crippen LogP contribution in [0.1, 0.15) is 37.2 Å². The maximum absolute atomic E-state index is 12.7. The molecule has 6 heteroatoms. The van der Waals surface area contributed by atoms with Crippen LogP contribution in [0.4, 0.5) is 13.2 Å². The average molecular weight is 302 g/mol. The molecule has 0 saturated heterocycles. The van der Waals surface area contributed by atoms with Gasteiger partial charge in [0.25, 0.3) is 0 Å². The molecule has 2 rings (SSSR count). The molecule has 2 unspecified atom stereocenters. The minimum atomic E-state index is -4.12. The summed E-state index contributed by atoms with van der Waals surface area (Å²) in [5.74, 6) is -1.59. The van der Waals surface area contributed by atoms with Gasteiger partial charge in [0.2, 0.25) is 0 Å². The second kappa shape index (κ2) is 6.75. The number of hydrogen-bond donors (Lipinski definition) is 2. The van der Waals surface area contributed by atoms with E-state index >= 15 is 0 Å². The van der Waals surface area contributed by atoms with Gasteiger partial charge in [-0.15, -0.1) is 0 Å². The van der Waals surface area contributed by atoms with Gasteiger partial charge in [0.05, 0.1) is 12.0 Å². The van der Waals surface area contributed by atoms with Gasteiger partial charge in [-0.1, -0.05) is 0 Å². The Labute approximate surface area is 122 Å². The molecule has 1 aromatic rings. The first-order chi connectivity index (χ1) is 9.93. The monoisotopic (exact) mass is 302 g/mol. The molecular weight excluding hydrogens is 281 g/mol. The van der Waals surface area contributed by atoms with Crippen LogP contribution in [0.25, 0.3) is 0 Å². The number of pyridine rings is 1. The van der Waals surface area contributed by atoms with Gasteiger partial charge in [0.1, 0.15) is 0 Å². The number of nitrogens with two attached hydrogens (primary N) is 1. The van der Waals surface area contributed by atoms with Crippen molar-refractivity contribution < 1.29 is 18.3 Å². The van der Waals surface area contributed by atoms with E-state index in [9.17, 15) is 18.3 Å². The Kier molecular flexibility index (Phi) is 5.22. The van der Waals surface area contributed by atoms with E-state index in [0.29, 0.717) is 12.8 Å². The van der Waals surface area contributed by atoms with E-state index in [-0.39, 0.29) is 31.2 Å². The van der Waals surface area contributed by atoms with Crippen molar-refractivity contribution >= 4 is 0 Å². The smallest absolute Gasteiger partial charge is 0.391 e. The lowest BCUT2D eigenvalue weighted by molar-refractivity contribution is -0.186. The van der Waals surface area contributed by atoms with Crippen LogP contribution in [0, 0.1) is 11.8 Å². The number of aromatic nitrogens is 1. The molecule has 1 aliphatic carbocycles. The summed E-state index contributed by atoms with van der Waals surface area (Å²) in [6.07, 6.45) is -0.575. The molecule has 1 heterocycles. The van der Waals surface area contributed by atoms with E-state index in [0.717, 1.165) is 5.56 Å². The summed E-state index contributed by atoms with van der Waals surface area (Å²) in [7, 11) is 0. The molecule has 118 valence electrons. The van der Waals surface area contributed by atoms with Crippen LogP contribution >= 0.6 is 0 Å². The molecule has 0 aliphatic heterocycles. The average Bonchev–Trinajstić information content (AvgIpc) is 2.48. The first-order valence-corrected chi connectivity index (χ1v) is 7.28. The predicted molar refractivity (Wildman–Crippen MR) is 73.5 cm³/mol. The maximum atomic E-state index is 12.7. The van der Waals surface area contributed by atoms with Gasteiger partial charge in [-0.05, 0) is 49.3 Å². The molecule has 0 aromatic carbocycles. The van der Waals surface area contributed by atoms with Crippen LogP contribution in [0.15, 0.2) is 24.5 Å². The molecule has 0 amide bonds. The summed E-state index contributed by atoms with van der Waals surface area (Å²) in [6.45, 7) is 0.268. The summed E-state index contributed by atoms with van der Waals surface area (Å²) in [6, 6.07) is 3.59. The fourth-order valence-corrected chi connectivity index (χ4v) is 3.20. The van der Waals surface area contributed by atoms with Crippen molar-refractivity contribution in [1.29, 1.82) is 0 Å². The highest BCUT2D eigenvalue weighted by Gasteiger charge is 2.43. The standard InChI is InChI=1S/C15H21F3N2O/c16-15(17,18)12-3-1-11(2-4-12)14(21)13(9-19)10-5-7-20-8-6-10/h5-8,11-14,21H,1-4,9,19H2. The zero-order valence-corrected chi connectivity index (χ0v) is 11.8. The molecule has 1 saturated carbocycles. The van der Waals surface area contributed by atoms with Crippen LogP contribution in [-0.2, 0) is 0 Å². The lowest BCUT2D eigenvalue weighted by atomic mass is 9.75. The van der Waals surface area contributed by atoms with Gasteiger partial charge in [-0.2, -0.15) is 13.2 Å². The molecular formula is C15H21F3N2O. The van der Waals surface area contributed by atoms with E-state index in [2.05, 4.69) is 4.98 Å². The van der Waals surface area contributed by atoms with Gasteiger partial charge in [-0.25, -0.2) is 0 Å².